The molecule has 0 aliphatic carbocycles. The molecule has 4 heteroatoms. The summed E-state index contributed by atoms with van der Waals surface area (Å²) in [5, 5.41) is 0. The van der Waals surface area contributed by atoms with Crippen molar-refractivity contribution in [3.05, 3.63) is 0 Å². The van der Waals surface area contributed by atoms with Crippen LogP contribution < -0.4 is 11.3 Å². The monoisotopic (exact) mass is 199 g/mol. The van der Waals surface area contributed by atoms with Crippen molar-refractivity contribution in [2.75, 3.05) is 6.54 Å². The summed E-state index contributed by atoms with van der Waals surface area (Å²) < 4.78 is 0. The lowest BCUT2D eigenvalue weighted by Crippen LogP contribution is -2.41. The molecule has 0 spiro atoms. The van der Waals surface area contributed by atoms with Gasteiger partial charge in [0, 0.05) is 18.5 Å². The molecule has 82 valence electrons. The Morgan fingerprint density at radius 2 is 2.43 bits per heavy atom. The van der Waals surface area contributed by atoms with Crippen LogP contribution in [0.2, 0.25) is 0 Å². The fourth-order valence-electron chi connectivity index (χ4n) is 2.32. The van der Waals surface area contributed by atoms with E-state index in [1.807, 2.05) is 0 Å². The molecule has 1 fully saturated rings. The molecular formula is C10H21N3O. The summed E-state index contributed by atoms with van der Waals surface area (Å²) in [6, 6.07) is 0.974. The van der Waals surface area contributed by atoms with Crippen molar-refractivity contribution in [3.8, 4) is 0 Å². The molecule has 1 heterocycles. The molecule has 0 saturated carbocycles. The first-order chi connectivity index (χ1) is 6.69. The van der Waals surface area contributed by atoms with E-state index in [0.29, 0.717) is 18.5 Å². The van der Waals surface area contributed by atoms with Gasteiger partial charge in [-0.1, -0.05) is 6.92 Å². The van der Waals surface area contributed by atoms with E-state index in [9.17, 15) is 4.79 Å². The minimum absolute atomic E-state index is 0.0701. The molecule has 1 saturated heterocycles. The van der Waals surface area contributed by atoms with Crippen LogP contribution in [0.4, 0.5) is 0 Å². The summed E-state index contributed by atoms with van der Waals surface area (Å²) in [5.41, 5.74) is 2.19. The van der Waals surface area contributed by atoms with Gasteiger partial charge in [-0.3, -0.25) is 15.1 Å². The normalized spacial score (nSPS) is 24.9. The average molecular weight is 199 g/mol. The van der Waals surface area contributed by atoms with Crippen LogP contribution in [-0.4, -0.2) is 29.4 Å². The van der Waals surface area contributed by atoms with Gasteiger partial charge in [0.2, 0.25) is 5.91 Å². The van der Waals surface area contributed by atoms with E-state index in [2.05, 4.69) is 24.2 Å². The second-order valence-electron chi connectivity index (χ2n) is 4.06. The predicted molar refractivity (Wildman–Crippen MR) is 56.4 cm³/mol. The summed E-state index contributed by atoms with van der Waals surface area (Å²) in [6.07, 6.45) is 4.21. The molecule has 1 aliphatic rings. The number of amides is 1. The van der Waals surface area contributed by atoms with Crippen LogP contribution in [0.5, 0.6) is 0 Å². The van der Waals surface area contributed by atoms with Gasteiger partial charge in [-0.05, 0) is 32.7 Å². The maximum absolute atomic E-state index is 11.1. The molecule has 4 nitrogen and oxygen atoms in total. The standard InChI is InChI=1S/C10H21N3O/c1-3-9-5-4-6-13(9)8(2)7-10(14)12-11/h8-9H,3-7,11H2,1-2H3,(H,12,14). The fourth-order valence-corrected chi connectivity index (χ4v) is 2.32. The predicted octanol–water partition coefficient (Wildman–Crippen LogP) is 0.629. The van der Waals surface area contributed by atoms with Gasteiger partial charge < -0.3 is 0 Å². The highest BCUT2D eigenvalue weighted by Crippen LogP contribution is 2.23. The van der Waals surface area contributed by atoms with E-state index >= 15 is 0 Å². The van der Waals surface area contributed by atoms with Crippen molar-refractivity contribution in [1.82, 2.24) is 10.3 Å². The van der Waals surface area contributed by atoms with Crippen molar-refractivity contribution >= 4 is 5.91 Å². The summed E-state index contributed by atoms with van der Waals surface area (Å²) in [6.45, 7) is 5.43. The van der Waals surface area contributed by atoms with Gasteiger partial charge in [-0.2, -0.15) is 0 Å². The molecule has 2 unspecified atom stereocenters. The van der Waals surface area contributed by atoms with Gasteiger partial charge in [0.05, 0.1) is 0 Å². The van der Waals surface area contributed by atoms with E-state index in [-0.39, 0.29) is 5.91 Å². The van der Waals surface area contributed by atoms with Crippen LogP contribution in [0, 0.1) is 0 Å². The zero-order valence-electron chi connectivity index (χ0n) is 9.12. The van der Waals surface area contributed by atoms with Crippen LogP contribution in [0.3, 0.4) is 0 Å². The van der Waals surface area contributed by atoms with Crippen LogP contribution in [0.1, 0.15) is 39.5 Å². The summed E-state index contributed by atoms with van der Waals surface area (Å²) in [4.78, 5) is 13.5. The first-order valence-corrected chi connectivity index (χ1v) is 5.44. The number of carbonyl (C=O) groups is 1. The van der Waals surface area contributed by atoms with E-state index in [1.165, 1.54) is 19.3 Å². The number of carbonyl (C=O) groups excluding carboxylic acids is 1. The van der Waals surface area contributed by atoms with E-state index in [1.54, 1.807) is 0 Å². The van der Waals surface area contributed by atoms with E-state index in [4.69, 9.17) is 5.84 Å². The first-order valence-electron chi connectivity index (χ1n) is 5.44. The number of hydrazine groups is 1. The van der Waals surface area contributed by atoms with Gasteiger partial charge in [0.1, 0.15) is 0 Å². The highest BCUT2D eigenvalue weighted by molar-refractivity contribution is 5.75. The maximum Gasteiger partial charge on any atom is 0.235 e. The Morgan fingerprint density at radius 1 is 1.71 bits per heavy atom. The van der Waals surface area contributed by atoms with Crippen molar-refractivity contribution in [2.24, 2.45) is 5.84 Å². The Balaban J connectivity index is 2.42. The van der Waals surface area contributed by atoms with Gasteiger partial charge in [-0.25, -0.2) is 5.84 Å². The van der Waals surface area contributed by atoms with E-state index in [0.717, 1.165) is 6.54 Å². The lowest BCUT2D eigenvalue weighted by molar-refractivity contribution is -0.122. The molecule has 0 aromatic heterocycles. The van der Waals surface area contributed by atoms with Gasteiger partial charge >= 0.3 is 0 Å². The van der Waals surface area contributed by atoms with Crippen molar-refractivity contribution in [3.63, 3.8) is 0 Å². The molecule has 2 atom stereocenters. The number of nitrogens with one attached hydrogen (secondary N) is 1. The first kappa shape index (κ1) is 11.5. The summed E-state index contributed by atoms with van der Waals surface area (Å²) in [5.74, 6) is 5.00. The van der Waals surface area contributed by atoms with Crippen LogP contribution in [-0.2, 0) is 4.79 Å². The molecule has 1 amide bonds. The molecule has 1 rings (SSSR count). The van der Waals surface area contributed by atoms with Gasteiger partial charge in [-0.15, -0.1) is 0 Å². The third-order valence-electron chi connectivity index (χ3n) is 3.10. The van der Waals surface area contributed by atoms with Crippen LogP contribution in [0.15, 0.2) is 0 Å². The fraction of sp³-hybridized carbons (Fsp3) is 0.900. The number of rotatable bonds is 4. The Kier molecular flexibility index (Phi) is 4.35. The Bertz CT molecular complexity index is 196. The maximum atomic E-state index is 11.1. The average Bonchev–Trinajstić information content (AvgIpc) is 2.65. The largest absolute Gasteiger partial charge is 0.297 e. The van der Waals surface area contributed by atoms with Crippen molar-refractivity contribution < 1.29 is 4.79 Å². The van der Waals surface area contributed by atoms with Gasteiger partial charge in [0.15, 0.2) is 0 Å². The lowest BCUT2D eigenvalue weighted by Gasteiger charge is -2.29. The number of nitrogens with two attached hydrogens (primary N) is 1. The second-order valence-corrected chi connectivity index (χ2v) is 4.06. The van der Waals surface area contributed by atoms with E-state index < -0.39 is 0 Å². The number of hydrogen-bond donors (Lipinski definition) is 2. The molecule has 0 radical (unpaired) electrons. The van der Waals surface area contributed by atoms with Crippen molar-refractivity contribution in [1.29, 1.82) is 0 Å². The topological polar surface area (TPSA) is 58.4 Å². The molecule has 0 aromatic rings. The minimum Gasteiger partial charge on any atom is -0.297 e. The molecular weight excluding hydrogens is 178 g/mol. The SMILES string of the molecule is CCC1CCCN1C(C)CC(=O)NN. The molecule has 0 bridgehead atoms. The highest BCUT2D eigenvalue weighted by Gasteiger charge is 2.27. The molecule has 1 aliphatic heterocycles. The summed E-state index contributed by atoms with van der Waals surface area (Å²) >= 11 is 0. The number of nitrogens with zero attached hydrogens (tertiary/aromatic N) is 1. The minimum atomic E-state index is -0.0701. The van der Waals surface area contributed by atoms with Gasteiger partial charge in [0.25, 0.3) is 0 Å². The molecule has 0 aromatic carbocycles. The smallest absolute Gasteiger partial charge is 0.235 e. The second kappa shape index (κ2) is 5.32. The van der Waals surface area contributed by atoms with Crippen LogP contribution in [0.25, 0.3) is 0 Å². The third-order valence-corrected chi connectivity index (χ3v) is 3.10. The zero-order valence-corrected chi connectivity index (χ0v) is 9.12. The molecule has 14 heavy (non-hydrogen) atoms. The van der Waals surface area contributed by atoms with Crippen molar-refractivity contribution in [2.45, 2.75) is 51.6 Å². The number of hydrogen-bond acceptors (Lipinski definition) is 3. The Hall–Kier alpha value is -0.610. The van der Waals surface area contributed by atoms with Crippen LogP contribution >= 0.6 is 0 Å². The molecule has 3 N–H and O–H groups in total. The Labute approximate surface area is 85.8 Å². The lowest BCUT2D eigenvalue weighted by atomic mass is 10.1. The Morgan fingerprint density at radius 3 is 3.00 bits per heavy atom. The summed E-state index contributed by atoms with van der Waals surface area (Å²) in [7, 11) is 0. The third kappa shape index (κ3) is 2.69. The quantitative estimate of drug-likeness (QED) is 0.396. The number of likely N-dealkylation sites (tertiary alicyclic amines) is 1. The highest BCUT2D eigenvalue weighted by atomic mass is 16.2. The zero-order chi connectivity index (χ0) is 10.6.